The topological polar surface area (TPSA) is 80.4 Å². The van der Waals surface area contributed by atoms with Crippen LogP contribution in [0.1, 0.15) is 11.7 Å². The van der Waals surface area contributed by atoms with Crippen molar-refractivity contribution in [2.24, 2.45) is 0 Å². The van der Waals surface area contributed by atoms with Gasteiger partial charge < -0.3 is 10.8 Å². The molecular weight excluding hydrogens is 282 g/mol. The molecule has 0 aliphatic rings. The van der Waals surface area contributed by atoms with Crippen molar-refractivity contribution >= 4 is 31.5 Å². The SMILES string of the molecule is CS(=O)(=O)[C@H](Br)[C@H](O)c1ccc(N)cc1. The Morgan fingerprint density at radius 1 is 1.33 bits per heavy atom. The van der Waals surface area contributed by atoms with Gasteiger partial charge in [-0.25, -0.2) is 8.42 Å². The number of rotatable bonds is 3. The van der Waals surface area contributed by atoms with Crippen molar-refractivity contribution in [3.8, 4) is 0 Å². The Balaban J connectivity index is 2.95. The number of nitrogen functional groups attached to an aromatic ring is 1. The first kappa shape index (κ1) is 12.5. The Labute approximate surface area is 97.2 Å². The third kappa shape index (κ3) is 3.19. The molecule has 3 N–H and O–H groups in total. The van der Waals surface area contributed by atoms with Gasteiger partial charge in [0.15, 0.2) is 9.84 Å². The number of sulfone groups is 1. The number of nitrogens with two attached hydrogens (primary N) is 1. The summed E-state index contributed by atoms with van der Waals surface area (Å²) >= 11 is 2.95. The molecule has 0 fully saturated rings. The predicted molar refractivity (Wildman–Crippen MR) is 63.4 cm³/mol. The fraction of sp³-hybridized carbons (Fsp3) is 0.333. The van der Waals surface area contributed by atoms with E-state index in [4.69, 9.17) is 5.73 Å². The van der Waals surface area contributed by atoms with E-state index in [-0.39, 0.29) is 0 Å². The summed E-state index contributed by atoms with van der Waals surface area (Å²) in [4.78, 5) is 0. The van der Waals surface area contributed by atoms with Gasteiger partial charge in [0.2, 0.25) is 0 Å². The van der Waals surface area contributed by atoms with E-state index < -0.39 is 20.1 Å². The highest BCUT2D eigenvalue weighted by Crippen LogP contribution is 2.26. The van der Waals surface area contributed by atoms with Gasteiger partial charge in [0.25, 0.3) is 0 Å². The normalized spacial score (nSPS) is 15.9. The molecule has 1 aromatic rings. The summed E-state index contributed by atoms with van der Waals surface area (Å²) in [6.07, 6.45) is -0.0342. The van der Waals surface area contributed by atoms with Gasteiger partial charge in [-0.05, 0) is 17.7 Å². The lowest BCUT2D eigenvalue weighted by Gasteiger charge is -2.15. The molecule has 0 amide bonds. The minimum atomic E-state index is -3.32. The van der Waals surface area contributed by atoms with Crippen LogP contribution in [0.2, 0.25) is 0 Å². The summed E-state index contributed by atoms with van der Waals surface area (Å²) in [6, 6.07) is 6.42. The smallest absolute Gasteiger partial charge is 0.163 e. The molecule has 0 saturated carbocycles. The van der Waals surface area contributed by atoms with Crippen LogP contribution >= 0.6 is 15.9 Å². The lowest BCUT2D eigenvalue weighted by atomic mass is 10.1. The quantitative estimate of drug-likeness (QED) is 0.645. The molecule has 1 aromatic carbocycles. The molecule has 0 aromatic heterocycles. The zero-order chi connectivity index (χ0) is 11.6. The Kier molecular flexibility index (Phi) is 3.75. The molecule has 0 spiro atoms. The first-order chi connectivity index (χ1) is 6.82. The van der Waals surface area contributed by atoms with Crippen molar-refractivity contribution in [3.63, 3.8) is 0 Å². The molecule has 0 saturated heterocycles. The van der Waals surface area contributed by atoms with Crippen LogP contribution in [0.15, 0.2) is 24.3 Å². The fourth-order valence-corrected chi connectivity index (χ4v) is 2.01. The van der Waals surface area contributed by atoms with E-state index in [0.717, 1.165) is 6.26 Å². The van der Waals surface area contributed by atoms with Crippen molar-refractivity contribution < 1.29 is 13.5 Å². The van der Waals surface area contributed by atoms with Crippen LogP contribution in [0.25, 0.3) is 0 Å². The maximum absolute atomic E-state index is 11.2. The number of aliphatic hydroxyl groups excluding tert-OH is 1. The molecule has 0 heterocycles. The van der Waals surface area contributed by atoms with Crippen molar-refractivity contribution in [1.29, 1.82) is 0 Å². The van der Waals surface area contributed by atoms with Gasteiger partial charge in [-0.15, -0.1) is 0 Å². The van der Waals surface area contributed by atoms with Gasteiger partial charge in [0.1, 0.15) is 10.3 Å². The molecule has 6 heteroatoms. The van der Waals surface area contributed by atoms with Crippen molar-refractivity contribution in [2.75, 3.05) is 12.0 Å². The van der Waals surface area contributed by atoms with Crippen molar-refractivity contribution in [2.45, 2.75) is 10.3 Å². The number of halogens is 1. The van der Waals surface area contributed by atoms with Crippen LogP contribution in [-0.2, 0) is 9.84 Å². The highest BCUT2D eigenvalue weighted by molar-refractivity contribution is 9.11. The second kappa shape index (κ2) is 4.51. The zero-order valence-electron chi connectivity index (χ0n) is 8.09. The van der Waals surface area contributed by atoms with Gasteiger partial charge in [-0.3, -0.25) is 0 Å². The minimum Gasteiger partial charge on any atom is -0.399 e. The minimum absolute atomic E-state index is 0.511. The highest BCUT2D eigenvalue weighted by atomic mass is 79.9. The summed E-state index contributed by atoms with van der Waals surface area (Å²) in [5, 5.41) is 9.75. The number of hydrogen-bond donors (Lipinski definition) is 2. The third-order valence-corrected chi connectivity index (χ3v) is 5.55. The van der Waals surface area contributed by atoms with E-state index >= 15 is 0 Å². The van der Waals surface area contributed by atoms with E-state index in [1.165, 1.54) is 0 Å². The summed E-state index contributed by atoms with van der Waals surface area (Å²) in [7, 11) is -3.32. The van der Waals surface area contributed by atoms with E-state index in [9.17, 15) is 13.5 Å². The second-order valence-corrected chi connectivity index (χ2v) is 7.05. The maximum Gasteiger partial charge on any atom is 0.163 e. The largest absolute Gasteiger partial charge is 0.399 e. The van der Waals surface area contributed by atoms with Gasteiger partial charge in [0.05, 0.1) is 0 Å². The van der Waals surface area contributed by atoms with Gasteiger partial charge in [-0.1, -0.05) is 28.1 Å². The Bertz CT molecular complexity index is 429. The number of alkyl halides is 1. The first-order valence-corrected chi connectivity index (χ1v) is 7.06. The number of aliphatic hydroxyl groups is 1. The molecule has 2 atom stereocenters. The van der Waals surface area contributed by atoms with Crippen molar-refractivity contribution in [3.05, 3.63) is 29.8 Å². The van der Waals surface area contributed by atoms with Crippen LogP contribution in [-0.4, -0.2) is 23.9 Å². The molecule has 0 aliphatic carbocycles. The predicted octanol–water partition coefficient (Wildman–Crippen LogP) is 1.07. The molecule has 84 valence electrons. The third-order valence-electron chi connectivity index (χ3n) is 1.94. The van der Waals surface area contributed by atoms with E-state index in [1.807, 2.05) is 0 Å². The van der Waals surface area contributed by atoms with Crippen LogP contribution in [0.4, 0.5) is 5.69 Å². The Morgan fingerprint density at radius 2 is 1.80 bits per heavy atom. The lowest BCUT2D eigenvalue weighted by molar-refractivity contribution is 0.195. The molecule has 0 radical (unpaired) electrons. The molecule has 1 rings (SSSR count). The summed E-state index contributed by atoms with van der Waals surface area (Å²) in [5.41, 5.74) is 6.55. The molecule has 0 aliphatic heterocycles. The monoisotopic (exact) mass is 293 g/mol. The Hall–Kier alpha value is -0.590. The van der Waals surface area contributed by atoms with Crippen LogP contribution < -0.4 is 5.73 Å². The van der Waals surface area contributed by atoms with Crippen molar-refractivity contribution in [1.82, 2.24) is 0 Å². The maximum atomic E-state index is 11.2. The van der Waals surface area contributed by atoms with E-state index in [1.54, 1.807) is 24.3 Å². The molecule has 0 bridgehead atoms. The van der Waals surface area contributed by atoms with Crippen LogP contribution in [0.3, 0.4) is 0 Å². The Morgan fingerprint density at radius 3 is 2.20 bits per heavy atom. The number of hydrogen-bond acceptors (Lipinski definition) is 4. The summed E-state index contributed by atoms with van der Waals surface area (Å²) < 4.78 is 21.4. The van der Waals surface area contributed by atoms with Gasteiger partial charge in [0, 0.05) is 11.9 Å². The average molecular weight is 294 g/mol. The molecule has 0 unspecified atom stereocenters. The second-order valence-electron chi connectivity index (χ2n) is 3.29. The molecule has 15 heavy (non-hydrogen) atoms. The summed E-state index contributed by atoms with van der Waals surface area (Å²) in [6.45, 7) is 0. The van der Waals surface area contributed by atoms with Crippen LogP contribution in [0.5, 0.6) is 0 Å². The van der Waals surface area contributed by atoms with Crippen LogP contribution in [0, 0.1) is 0 Å². The fourth-order valence-electron chi connectivity index (χ4n) is 1.08. The number of benzene rings is 1. The molecule has 4 nitrogen and oxygen atoms in total. The standard InChI is InChI=1S/C9H12BrNO3S/c1-15(13,14)9(10)8(12)6-2-4-7(11)5-3-6/h2-5,8-9,12H,11H2,1H3/t8-,9+/m1/s1. The lowest BCUT2D eigenvalue weighted by Crippen LogP contribution is -2.21. The highest BCUT2D eigenvalue weighted by Gasteiger charge is 2.26. The van der Waals surface area contributed by atoms with Gasteiger partial charge >= 0.3 is 0 Å². The van der Waals surface area contributed by atoms with Gasteiger partial charge in [-0.2, -0.15) is 0 Å². The summed E-state index contributed by atoms with van der Waals surface area (Å²) in [5.74, 6) is 0. The van der Waals surface area contributed by atoms with E-state index in [0.29, 0.717) is 11.3 Å². The molecular formula is C9H12BrNO3S. The van der Waals surface area contributed by atoms with E-state index in [2.05, 4.69) is 15.9 Å². The number of anilines is 1. The first-order valence-electron chi connectivity index (χ1n) is 4.19. The average Bonchev–Trinajstić information content (AvgIpc) is 2.15. The zero-order valence-corrected chi connectivity index (χ0v) is 10.5.